The van der Waals surface area contributed by atoms with Crippen molar-refractivity contribution in [3.8, 4) is 28.2 Å². The van der Waals surface area contributed by atoms with Gasteiger partial charge < -0.3 is 0 Å². The van der Waals surface area contributed by atoms with Crippen LogP contribution in [0.1, 0.15) is 76.3 Å². The van der Waals surface area contributed by atoms with Crippen LogP contribution in [0.5, 0.6) is 0 Å². The second kappa shape index (κ2) is 11.0. The van der Waals surface area contributed by atoms with E-state index >= 15 is 0 Å². The molecule has 3 aromatic heterocycles. The minimum absolute atomic E-state index is 0.000339. The van der Waals surface area contributed by atoms with Gasteiger partial charge in [-0.25, -0.2) is 9.89 Å². The number of rotatable bonds is 8. The second-order valence-electron chi connectivity index (χ2n) is 11.6. The Morgan fingerprint density at radius 2 is 1.77 bits per heavy atom. The van der Waals surface area contributed by atoms with Gasteiger partial charge in [-0.2, -0.15) is 0 Å². The van der Waals surface area contributed by atoms with Gasteiger partial charge in [-0.1, -0.05) is 90.4 Å². The number of aromatic amines is 1. The molecule has 0 bridgehead atoms. The molecule has 5 rings (SSSR count). The summed E-state index contributed by atoms with van der Waals surface area (Å²) in [4.78, 5) is 18.3. The number of tetrazole rings is 1. The van der Waals surface area contributed by atoms with E-state index in [2.05, 4.69) is 116 Å². The van der Waals surface area contributed by atoms with E-state index in [0.29, 0.717) is 18.3 Å². The van der Waals surface area contributed by atoms with Crippen LogP contribution in [0.25, 0.3) is 28.2 Å². The van der Waals surface area contributed by atoms with Gasteiger partial charge >= 0.3 is 5.69 Å². The minimum atomic E-state index is -0.101. The molecule has 5 aromatic rings. The van der Waals surface area contributed by atoms with E-state index in [-0.39, 0.29) is 11.1 Å². The summed E-state index contributed by atoms with van der Waals surface area (Å²) in [5.74, 6) is 0.862. The highest BCUT2D eigenvalue weighted by Crippen LogP contribution is 2.34. The Bertz CT molecular complexity index is 1650. The number of H-pyrrole nitrogens is 1. The van der Waals surface area contributed by atoms with E-state index in [9.17, 15) is 4.79 Å². The number of nitrogens with one attached hydrogen (secondary N) is 1. The first-order valence-electron chi connectivity index (χ1n) is 13.9. The summed E-state index contributed by atoms with van der Waals surface area (Å²) < 4.78 is 3.82. The third-order valence-electron chi connectivity index (χ3n) is 7.33. The number of pyridine rings is 1. The van der Waals surface area contributed by atoms with Gasteiger partial charge in [-0.15, -0.1) is 5.10 Å². The van der Waals surface area contributed by atoms with Crippen molar-refractivity contribution in [1.29, 1.82) is 0 Å². The van der Waals surface area contributed by atoms with Crippen molar-refractivity contribution in [2.24, 2.45) is 0 Å². The first kappa shape index (κ1) is 27.2. The van der Waals surface area contributed by atoms with E-state index in [1.165, 1.54) is 11.1 Å². The zero-order chi connectivity index (χ0) is 28.4. The van der Waals surface area contributed by atoms with Crippen molar-refractivity contribution in [3.63, 3.8) is 0 Å². The summed E-state index contributed by atoms with van der Waals surface area (Å²) in [5, 5.41) is 14.3. The van der Waals surface area contributed by atoms with Gasteiger partial charge in [0, 0.05) is 29.8 Å². The summed E-state index contributed by atoms with van der Waals surface area (Å²) >= 11 is 0. The fourth-order valence-corrected chi connectivity index (χ4v) is 5.29. The third kappa shape index (κ3) is 5.26. The third-order valence-corrected chi connectivity index (χ3v) is 7.33. The van der Waals surface area contributed by atoms with Gasteiger partial charge in [0.15, 0.2) is 5.82 Å². The highest BCUT2D eigenvalue weighted by atomic mass is 16.1. The van der Waals surface area contributed by atoms with E-state index in [4.69, 9.17) is 0 Å². The average molecular weight is 536 g/mol. The molecule has 0 fully saturated rings. The molecule has 0 saturated heterocycles. The lowest BCUT2D eigenvalue weighted by Gasteiger charge is -2.26. The molecule has 0 aliphatic heterocycles. The first-order valence-corrected chi connectivity index (χ1v) is 13.9. The maximum atomic E-state index is 14.1. The second-order valence-corrected chi connectivity index (χ2v) is 11.6. The van der Waals surface area contributed by atoms with Crippen molar-refractivity contribution in [2.45, 2.75) is 72.3 Å². The molecule has 40 heavy (non-hydrogen) atoms. The average Bonchev–Trinajstić information content (AvgIpc) is 3.58. The van der Waals surface area contributed by atoms with Crippen molar-refractivity contribution < 1.29 is 0 Å². The first-order chi connectivity index (χ1) is 19.2. The van der Waals surface area contributed by atoms with Gasteiger partial charge in [-0.05, 0) is 62.1 Å². The molecule has 0 aliphatic rings. The Hall–Kier alpha value is -4.33. The predicted molar refractivity (Wildman–Crippen MR) is 159 cm³/mol. The predicted octanol–water partition coefficient (Wildman–Crippen LogP) is 6.30. The molecule has 206 valence electrons. The lowest BCUT2D eigenvalue weighted by atomic mass is 9.83. The van der Waals surface area contributed by atoms with Crippen LogP contribution in [-0.2, 0) is 18.4 Å². The molecular formula is C32H37N7O. The molecule has 8 heteroatoms. The lowest BCUT2D eigenvalue weighted by Crippen LogP contribution is -2.27. The molecule has 0 aliphatic carbocycles. The van der Waals surface area contributed by atoms with Crippen LogP contribution in [0.3, 0.4) is 0 Å². The van der Waals surface area contributed by atoms with Crippen molar-refractivity contribution in [2.75, 3.05) is 0 Å². The Labute approximate surface area is 235 Å². The Balaban J connectivity index is 1.55. The number of imidazole rings is 1. The number of hydrogen-bond donors (Lipinski definition) is 1. The summed E-state index contributed by atoms with van der Waals surface area (Å²) in [6, 6.07) is 16.7. The monoisotopic (exact) mass is 535 g/mol. The normalized spacial score (nSPS) is 11.9. The fourth-order valence-electron chi connectivity index (χ4n) is 5.29. The maximum absolute atomic E-state index is 14.1. The molecule has 1 N–H and O–H groups in total. The number of aromatic nitrogens is 7. The standard InChI is InChI=1S/C32H37N7O/c1-7-9-24-20-39(29-25(21(2)3)10-8-11-28(29)32(4,5)6)31(40)38(24)19-22-12-14-23(15-13-22)26-16-17-33-18-27(26)30-34-36-37-35-30/h8,10-18,20-21H,7,9,19H2,1-6H3,(H,34,35,36,37). The van der Waals surface area contributed by atoms with Crippen LogP contribution in [-0.4, -0.2) is 34.7 Å². The van der Waals surface area contributed by atoms with Crippen molar-refractivity contribution in [3.05, 3.63) is 100.0 Å². The minimum Gasteiger partial charge on any atom is -0.292 e. The molecule has 0 unspecified atom stereocenters. The van der Waals surface area contributed by atoms with Gasteiger partial charge in [0.2, 0.25) is 0 Å². The number of nitrogens with zero attached hydrogens (tertiary/aromatic N) is 6. The quantitative estimate of drug-likeness (QED) is 0.252. The van der Waals surface area contributed by atoms with Crippen LogP contribution in [0, 0.1) is 0 Å². The van der Waals surface area contributed by atoms with E-state index < -0.39 is 0 Å². The van der Waals surface area contributed by atoms with Crippen LogP contribution in [0.15, 0.2) is 71.9 Å². The van der Waals surface area contributed by atoms with Crippen LogP contribution < -0.4 is 5.69 Å². The van der Waals surface area contributed by atoms with E-state index in [1.54, 1.807) is 12.4 Å². The molecule has 0 radical (unpaired) electrons. The van der Waals surface area contributed by atoms with Gasteiger partial charge in [0.25, 0.3) is 0 Å². The highest BCUT2D eigenvalue weighted by molar-refractivity contribution is 5.79. The largest absolute Gasteiger partial charge is 0.333 e. The summed E-state index contributed by atoms with van der Waals surface area (Å²) in [6.45, 7) is 13.7. The lowest BCUT2D eigenvalue weighted by molar-refractivity contribution is 0.582. The fraction of sp³-hybridized carbons (Fsp3) is 0.344. The van der Waals surface area contributed by atoms with E-state index in [1.807, 2.05) is 15.2 Å². The highest BCUT2D eigenvalue weighted by Gasteiger charge is 2.25. The number of benzene rings is 2. The smallest absolute Gasteiger partial charge is 0.292 e. The Kier molecular flexibility index (Phi) is 7.52. The number of hydrogen-bond acceptors (Lipinski definition) is 5. The SMILES string of the molecule is CCCc1cn(-c2c(C(C)C)cccc2C(C)(C)C)c(=O)n1Cc1ccc(-c2ccncc2-c2nnn[nH]2)cc1. The van der Waals surface area contributed by atoms with Gasteiger partial charge in [0.05, 0.1) is 12.2 Å². The Morgan fingerprint density at radius 1 is 1.00 bits per heavy atom. The van der Waals surface area contributed by atoms with Gasteiger partial charge in [-0.3, -0.25) is 14.1 Å². The molecular weight excluding hydrogens is 498 g/mol. The van der Waals surface area contributed by atoms with E-state index in [0.717, 1.165) is 46.5 Å². The topological polar surface area (TPSA) is 94.3 Å². The van der Waals surface area contributed by atoms with Gasteiger partial charge in [0.1, 0.15) is 0 Å². The van der Waals surface area contributed by atoms with Crippen LogP contribution >= 0.6 is 0 Å². The summed E-state index contributed by atoms with van der Waals surface area (Å²) in [6.07, 6.45) is 7.37. The zero-order valence-electron chi connectivity index (χ0n) is 24.1. The molecule has 2 aromatic carbocycles. The summed E-state index contributed by atoms with van der Waals surface area (Å²) in [7, 11) is 0. The number of aryl methyl sites for hydroxylation is 1. The van der Waals surface area contributed by atoms with Crippen LogP contribution in [0.4, 0.5) is 0 Å². The zero-order valence-corrected chi connectivity index (χ0v) is 24.1. The molecule has 8 nitrogen and oxygen atoms in total. The van der Waals surface area contributed by atoms with Crippen molar-refractivity contribution >= 4 is 0 Å². The molecule has 0 saturated carbocycles. The van der Waals surface area contributed by atoms with Crippen LogP contribution in [0.2, 0.25) is 0 Å². The Morgan fingerprint density at radius 3 is 2.42 bits per heavy atom. The molecule has 0 spiro atoms. The molecule has 0 amide bonds. The molecule has 0 atom stereocenters. The van der Waals surface area contributed by atoms with Crippen molar-refractivity contribution in [1.82, 2.24) is 34.7 Å². The number of para-hydroxylation sites is 1. The summed E-state index contributed by atoms with van der Waals surface area (Å²) in [5.41, 5.74) is 8.24. The maximum Gasteiger partial charge on any atom is 0.333 e. The molecule has 3 heterocycles.